The maximum Gasteiger partial charge on any atom is 0.0714 e. The van der Waals surface area contributed by atoms with Crippen LogP contribution in [0.15, 0.2) is 212 Å². The lowest BCUT2D eigenvalue weighted by Crippen LogP contribution is -2.28. The van der Waals surface area contributed by atoms with Gasteiger partial charge in [0, 0.05) is 31.3 Å². The normalized spacial score (nSPS) is 12.9. The first kappa shape index (κ1) is 31.8. The number of rotatable bonds is 6. The molecule has 10 aromatic rings. The van der Waals surface area contributed by atoms with E-state index in [4.69, 9.17) is 0 Å². The Labute approximate surface area is 325 Å². The summed E-state index contributed by atoms with van der Waals surface area (Å²) in [6, 6.07) is 78.4. The maximum absolute atomic E-state index is 2.56. The molecule has 0 saturated heterocycles. The number of nitrogens with zero attached hydrogens (tertiary/aromatic N) is 1. The van der Waals surface area contributed by atoms with Crippen LogP contribution in [0, 0.1) is 0 Å². The fourth-order valence-electron chi connectivity index (χ4n) is 9.26. The van der Waals surface area contributed by atoms with Crippen LogP contribution in [-0.4, -0.2) is 0 Å². The van der Waals surface area contributed by atoms with Crippen LogP contribution in [0.25, 0.3) is 53.2 Å². The molecule has 0 unspecified atom stereocenters. The Morgan fingerprint density at radius 2 is 0.964 bits per heavy atom. The highest BCUT2D eigenvalue weighted by Crippen LogP contribution is 2.60. The summed E-state index contributed by atoms with van der Waals surface area (Å²) < 4.78 is 2.58. The van der Waals surface area contributed by atoms with Crippen molar-refractivity contribution in [2.75, 3.05) is 4.90 Å². The lowest BCUT2D eigenvalue weighted by molar-refractivity contribution is 0.768. The standard InChI is InChI=1S/C53H35NS/c1-3-19-39(20-4-1)53(40-21-5-2-6-22-40)44-26-12-9-24-42(44)51-45(53)27-15-29-47(51)54(48-30-16-32-50-52(48)43-25-11-14-31-49(43)55-50)46-28-13-10-23-41(46)38-34-33-36-17-7-8-18-37(36)35-38/h1-35H. The van der Waals surface area contributed by atoms with Gasteiger partial charge in [-0.3, -0.25) is 0 Å². The number of hydrogen-bond donors (Lipinski definition) is 0. The Bertz CT molecular complexity index is 3010. The summed E-state index contributed by atoms with van der Waals surface area (Å²) in [5, 5.41) is 5.03. The fourth-order valence-corrected chi connectivity index (χ4v) is 10.4. The molecule has 1 aliphatic carbocycles. The van der Waals surface area contributed by atoms with Gasteiger partial charge in [0.25, 0.3) is 0 Å². The summed E-state index contributed by atoms with van der Waals surface area (Å²) in [5.74, 6) is 0. The largest absolute Gasteiger partial charge is 0.309 e. The molecule has 0 bridgehead atoms. The van der Waals surface area contributed by atoms with Crippen molar-refractivity contribution in [3.05, 3.63) is 235 Å². The molecule has 258 valence electrons. The summed E-state index contributed by atoms with van der Waals surface area (Å²) in [6.07, 6.45) is 0. The Kier molecular flexibility index (Phi) is 7.33. The van der Waals surface area contributed by atoms with Crippen molar-refractivity contribution in [1.82, 2.24) is 0 Å². The van der Waals surface area contributed by atoms with Crippen LogP contribution in [0.4, 0.5) is 17.1 Å². The molecule has 2 heteroatoms. The minimum absolute atomic E-state index is 0.505. The van der Waals surface area contributed by atoms with Crippen molar-refractivity contribution in [3.63, 3.8) is 0 Å². The number of fused-ring (bicyclic) bond motifs is 7. The van der Waals surface area contributed by atoms with Gasteiger partial charge in [-0.25, -0.2) is 0 Å². The Morgan fingerprint density at radius 3 is 1.78 bits per heavy atom. The van der Waals surface area contributed by atoms with E-state index < -0.39 is 5.41 Å². The molecular weight excluding hydrogens is 683 g/mol. The monoisotopic (exact) mass is 717 g/mol. The van der Waals surface area contributed by atoms with Crippen LogP contribution >= 0.6 is 11.3 Å². The van der Waals surface area contributed by atoms with Crippen LogP contribution in [-0.2, 0) is 5.41 Å². The molecule has 0 N–H and O–H groups in total. The van der Waals surface area contributed by atoms with Crippen molar-refractivity contribution >= 4 is 59.3 Å². The molecule has 0 spiro atoms. The molecule has 0 amide bonds. The predicted octanol–water partition coefficient (Wildman–Crippen LogP) is 14.7. The third kappa shape index (κ3) is 4.78. The molecule has 0 atom stereocenters. The summed E-state index contributed by atoms with van der Waals surface area (Å²) in [4.78, 5) is 2.56. The second-order valence-corrected chi connectivity index (χ2v) is 15.5. The van der Waals surface area contributed by atoms with Gasteiger partial charge in [0.05, 0.1) is 22.5 Å². The number of thiophene rings is 1. The van der Waals surface area contributed by atoms with E-state index in [1.807, 2.05) is 11.3 Å². The first-order valence-electron chi connectivity index (χ1n) is 18.9. The van der Waals surface area contributed by atoms with Gasteiger partial charge in [0.2, 0.25) is 0 Å². The minimum atomic E-state index is -0.505. The van der Waals surface area contributed by atoms with E-state index in [0.29, 0.717) is 0 Å². The number of para-hydroxylation sites is 1. The molecule has 0 fully saturated rings. The van der Waals surface area contributed by atoms with E-state index in [1.54, 1.807) is 0 Å². The third-order valence-electron chi connectivity index (χ3n) is 11.5. The van der Waals surface area contributed by atoms with E-state index in [2.05, 4.69) is 217 Å². The van der Waals surface area contributed by atoms with Gasteiger partial charge >= 0.3 is 0 Å². The molecule has 1 nitrogen and oxygen atoms in total. The Hall–Kier alpha value is -6.74. The first-order chi connectivity index (χ1) is 27.3. The van der Waals surface area contributed by atoms with Gasteiger partial charge in [-0.2, -0.15) is 0 Å². The number of hydrogen-bond acceptors (Lipinski definition) is 2. The van der Waals surface area contributed by atoms with E-state index in [9.17, 15) is 0 Å². The molecule has 11 rings (SSSR count). The topological polar surface area (TPSA) is 3.24 Å². The van der Waals surface area contributed by atoms with Gasteiger partial charge in [0.15, 0.2) is 0 Å². The predicted molar refractivity (Wildman–Crippen MR) is 234 cm³/mol. The highest BCUT2D eigenvalue weighted by atomic mass is 32.1. The Balaban J connectivity index is 1.27. The lowest BCUT2D eigenvalue weighted by atomic mass is 9.68. The SMILES string of the molecule is c1ccc(C2(c3ccccc3)c3ccccc3-c3c(N(c4ccccc4-c4ccc5ccccc5c4)c4cccc5sc6ccccc6c45)cccc32)cc1. The second-order valence-electron chi connectivity index (χ2n) is 14.4. The Morgan fingerprint density at radius 1 is 0.382 bits per heavy atom. The van der Waals surface area contributed by atoms with E-state index in [1.165, 1.54) is 81.1 Å². The zero-order valence-corrected chi connectivity index (χ0v) is 30.9. The van der Waals surface area contributed by atoms with Gasteiger partial charge < -0.3 is 4.90 Å². The van der Waals surface area contributed by atoms with E-state index >= 15 is 0 Å². The van der Waals surface area contributed by atoms with Crippen LogP contribution in [0.3, 0.4) is 0 Å². The average molecular weight is 718 g/mol. The second kappa shape index (κ2) is 12.7. The third-order valence-corrected chi connectivity index (χ3v) is 12.7. The van der Waals surface area contributed by atoms with Crippen molar-refractivity contribution in [2.45, 2.75) is 5.41 Å². The van der Waals surface area contributed by atoms with Gasteiger partial charge in [-0.15, -0.1) is 11.3 Å². The smallest absolute Gasteiger partial charge is 0.0714 e. The molecule has 55 heavy (non-hydrogen) atoms. The number of anilines is 3. The molecule has 0 aliphatic heterocycles. The fraction of sp³-hybridized carbons (Fsp3) is 0.0189. The van der Waals surface area contributed by atoms with E-state index in [0.717, 1.165) is 11.4 Å². The van der Waals surface area contributed by atoms with Crippen molar-refractivity contribution in [1.29, 1.82) is 0 Å². The molecule has 1 aliphatic rings. The van der Waals surface area contributed by atoms with Crippen molar-refractivity contribution in [3.8, 4) is 22.3 Å². The summed E-state index contributed by atoms with van der Waals surface area (Å²) >= 11 is 1.87. The highest BCUT2D eigenvalue weighted by Gasteiger charge is 2.47. The molecule has 0 radical (unpaired) electrons. The summed E-state index contributed by atoms with van der Waals surface area (Å²) in [5.41, 5.74) is 13.0. The zero-order chi connectivity index (χ0) is 36.3. The minimum Gasteiger partial charge on any atom is -0.309 e. The molecule has 1 heterocycles. The average Bonchev–Trinajstić information content (AvgIpc) is 3.79. The first-order valence-corrected chi connectivity index (χ1v) is 19.8. The zero-order valence-electron chi connectivity index (χ0n) is 30.1. The summed E-state index contributed by atoms with van der Waals surface area (Å²) in [7, 11) is 0. The van der Waals surface area contributed by atoms with E-state index in [-0.39, 0.29) is 0 Å². The van der Waals surface area contributed by atoms with Crippen LogP contribution in [0.2, 0.25) is 0 Å². The van der Waals surface area contributed by atoms with Gasteiger partial charge in [-0.1, -0.05) is 176 Å². The van der Waals surface area contributed by atoms with Crippen LogP contribution in [0.5, 0.6) is 0 Å². The molecule has 9 aromatic carbocycles. The molecular formula is C53H35NS. The van der Waals surface area contributed by atoms with Gasteiger partial charge in [-0.05, 0) is 80.6 Å². The van der Waals surface area contributed by atoms with Crippen molar-refractivity contribution in [2.24, 2.45) is 0 Å². The van der Waals surface area contributed by atoms with Crippen LogP contribution in [0.1, 0.15) is 22.3 Å². The molecule has 0 saturated carbocycles. The quantitative estimate of drug-likeness (QED) is 0.166. The highest BCUT2D eigenvalue weighted by molar-refractivity contribution is 7.26. The van der Waals surface area contributed by atoms with Crippen LogP contribution < -0.4 is 4.90 Å². The molecule has 1 aromatic heterocycles. The maximum atomic E-state index is 2.56. The van der Waals surface area contributed by atoms with Crippen molar-refractivity contribution < 1.29 is 0 Å². The lowest BCUT2D eigenvalue weighted by Gasteiger charge is -2.34. The number of benzene rings is 9. The summed E-state index contributed by atoms with van der Waals surface area (Å²) in [6.45, 7) is 0. The van der Waals surface area contributed by atoms with Gasteiger partial charge in [0.1, 0.15) is 0 Å².